The monoisotopic (exact) mass is 434 g/mol. The molecule has 0 saturated heterocycles. The molecule has 3 aromatic rings. The standard InChI is InChI=1S/C18H12ClFN4O4S/c19-13(7-11-3-6-15(25)14(8-11)24(27)28)17-22-23-18(29-17)16(26)21-9-10-1-4-12(20)5-2-10/h1-8,25H,9H2,(H,21,26)/b13-7-. The van der Waals surface area contributed by atoms with Gasteiger partial charge in [0.2, 0.25) is 5.01 Å². The maximum absolute atomic E-state index is 12.9. The molecule has 0 aliphatic carbocycles. The van der Waals surface area contributed by atoms with Crippen molar-refractivity contribution in [3.63, 3.8) is 0 Å². The molecule has 0 spiro atoms. The Kier molecular flexibility index (Phi) is 6.15. The van der Waals surface area contributed by atoms with Gasteiger partial charge in [0.1, 0.15) is 5.82 Å². The van der Waals surface area contributed by atoms with E-state index in [4.69, 9.17) is 11.6 Å². The molecule has 0 radical (unpaired) electrons. The Morgan fingerprint density at radius 3 is 2.62 bits per heavy atom. The van der Waals surface area contributed by atoms with E-state index in [9.17, 15) is 24.4 Å². The number of aromatic nitrogens is 2. The minimum atomic E-state index is -0.713. The Bertz CT molecular complexity index is 1100. The van der Waals surface area contributed by atoms with E-state index in [1.54, 1.807) is 12.1 Å². The third-order valence-electron chi connectivity index (χ3n) is 3.68. The molecule has 0 aliphatic rings. The van der Waals surface area contributed by atoms with Crippen molar-refractivity contribution in [2.45, 2.75) is 6.54 Å². The molecule has 148 valence electrons. The van der Waals surface area contributed by atoms with Crippen molar-refractivity contribution < 1.29 is 19.2 Å². The van der Waals surface area contributed by atoms with E-state index in [1.807, 2.05) is 0 Å². The van der Waals surface area contributed by atoms with E-state index in [0.29, 0.717) is 5.56 Å². The van der Waals surface area contributed by atoms with Gasteiger partial charge in [-0.2, -0.15) is 0 Å². The number of rotatable bonds is 6. The number of carbonyl (C=O) groups excluding carboxylic acids is 1. The molecule has 0 aliphatic heterocycles. The summed E-state index contributed by atoms with van der Waals surface area (Å²) in [6, 6.07) is 9.49. The molecule has 8 nitrogen and oxygen atoms in total. The van der Waals surface area contributed by atoms with Gasteiger partial charge in [-0.05, 0) is 35.4 Å². The number of phenols is 1. The van der Waals surface area contributed by atoms with E-state index in [0.717, 1.165) is 23.0 Å². The number of aromatic hydroxyl groups is 1. The summed E-state index contributed by atoms with van der Waals surface area (Å²) in [6.07, 6.45) is 1.41. The molecule has 1 heterocycles. The average Bonchev–Trinajstić information content (AvgIpc) is 3.19. The van der Waals surface area contributed by atoms with Crippen molar-refractivity contribution in [2.24, 2.45) is 0 Å². The second kappa shape index (κ2) is 8.76. The van der Waals surface area contributed by atoms with Crippen LogP contribution >= 0.6 is 22.9 Å². The van der Waals surface area contributed by atoms with Crippen molar-refractivity contribution in [3.05, 3.63) is 79.5 Å². The molecule has 2 aromatic carbocycles. The Morgan fingerprint density at radius 2 is 1.93 bits per heavy atom. The number of carbonyl (C=O) groups is 1. The van der Waals surface area contributed by atoms with Gasteiger partial charge in [0.15, 0.2) is 10.8 Å². The molecule has 0 atom stereocenters. The minimum absolute atomic E-state index is 0.0744. The van der Waals surface area contributed by atoms with Crippen LogP contribution in [0.1, 0.15) is 25.9 Å². The summed E-state index contributed by atoms with van der Waals surface area (Å²) >= 11 is 7.13. The summed E-state index contributed by atoms with van der Waals surface area (Å²) in [6.45, 7) is 0.189. The van der Waals surface area contributed by atoms with Crippen LogP contribution in [-0.2, 0) is 6.54 Å². The molecule has 0 fully saturated rings. The average molecular weight is 435 g/mol. The number of nitrogens with one attached hydrogen (secondary N) is 1. The van der Waals surface area contributed by atoms with Gasteiger partial charge >= 0.3 is 5.69 Å². The lowest BCUT2D eigenvalue weighted by atomic mass is 10.2. The van der Waals surface area contributed by atoms with Gasteiger partial charge in [-0.25, -0.2) is 4.39 Å². The quantitative estimate of drug-likeness (QED) is 0.448. The number of halogens is 2. The van der Waals surface area contributed by atoms with E-state index in [-0.39, 0.29) is 27.4 Å². The first-order valence-electron chi connectivity index (χ1n) is 8.04. The second-order valence-corrected chi connectivity index (χ2v) is 7.10. The molecule has 0 unspecified atom stereocenters. The molecule has 2 N–H and O–H groups in total. The van der Waals surface area contributed by atoms with Crippen LogP contribution in [0.15, 0.2) is 42.5 Å². The lowest BCUT2D eigenvalue weighted by Gasteiger charge is -2.02. The molecular formula is C18H12ClFN4O4S. The van der Waals surface area contributed by atoms with Gasteiger partial charge < -0.3 is 10.4 Å². The van der Waals surface area contributed by atoms with Gasteiger partial charge in [0.05, 0.1) is 9.96 Å². The Balaban J connectivity index is 1.70. The van der Waals surface area contributed by atoms with E-state index >= 15 is 0 Å². The van der Waals surface area contributed by atoms with Crippen molar-refractivity contribution >= 4 is 45.6 Å². The number of benzene rings is 2. The summed E-state index contributed by atoms with van der Waals surface area (Å²) < 4.78 is 12.9. The fourth-order valence-corrected chi connectivity index (χ4v) is 3.20. The highest BCUT2D eigenvalue weighted by Gasteiger charge is 2.16. The topological polar surface area (TPSA) is 118 Å². The number of nitro groups is 1. The number of nitrogens with zero attached hydrogens (tertiary/aromatic N) is 3. The first-order valence-corrected chi connectivity index (χ1v) is 9.24. The van der Waals surface area contributed by atoms with Crippen LogP contribution in [0.4, 0.5) is 10.1 Å². The normalized spacial score (nSPS) is 11.3. The zero-order chi connectivity index (χ0) is 21.0. The van der Waals surface area contributed by atoms with Gasteiger partial charge in [-0.3, -0.25) is 14.9 Å². The van der Waals surface area contributed by atoms with Crippen molar-refractivity contribution in [3.8, 4) is 5.75 Å². The Morgan fingerprint density at radius 1 is 1.24 bits per heavy atom. The van der Waals surface area contributed by atoms with E-state index in [2.05, 4.69) is 15.5 Å². The Hall–Kier alpha value is -3.37. The van der Waals surface area contributed by atoms with E-state index < -0.39 is 22.3 Å². The summed E-state index contributed by atoms with van der Waals surface area (Å²) in [7, 11) is 0. The predicted molar refractivity (Wildman–Crippen MR) is 106 cm³/mol. The second-order valence-electron chi connectivity index (χ2n) is 5.72. The summed E-state index contributed by atoms with van der Waals surface area (Å²) in [4.78, 5) is 22.4. The molecule has 1 amide bonds. The number of phenolic OH excluding ortho intramolecular Hbond substituents is 1. The van der Waals surface area contributed by atoms with Crippen molar-refractivity contribution in [2.75, 3.05) is 0 Å². The molecule has 3 rings (SSSR count). The van der Waals surface area contributed by atoms with Crippen LogP contribution in [0.5, 0.6) is 5.75 Å². The number of hydrogen-bond donors (Lipinski definition) is 2. The summed E-state index contributed by atoms with van der Waals surface area (Å²) in [5.41, 5.74) is 0.634. The lowest BCUT2D eigenvalue weighted by Crippen LogP contribution is -2.22. The van der Waals surface area contributed by atoms with Crippen LogP contribution in [-0.4, -0.2) is 26.1 Å². The summed E-state index contributed by atoms with van der Waals surface area (Å²) in [5, 5.41) is 31.1. The molecular weight excluding hydrogens is 423 g/mol. The van der Waals surface area contributed by atoms with Gasteiger partial charge in [0, 0.05) is 12.6 Å². The van der Waals surface area contributed by atoms with Crippen molar-refractivity contribution in [1.82, 2.24) is 15.5 Å². The highest BCUT2D eigenvalue weighted by atomic mass is 35.5. The van der Waals surface area contributed by atoms with Crippen LogP contribution in [0.2, 0.25) is 0 Å². The molecule has 1 aromatic heterocycles. The third-order valence-corrected chi connectivity index (χ3v) is 5.03. The molecule has 29 heavy (non-hydrogen) atoms. The fraction of sp³-hybridized carbons (Fsp3) is 0.0556. The van der Waals surface area contributed by atoms with Crippen LogP contribution in [0.3, 0.4) is 0 Å². The fourth-order valence-electron chi connectivity index (χ4n) is 2.26. The first-order chi connectivity index (χ1) is 13.8. The summed E-state index contributed by atoms with van der Waals surface area (Å²) in [5.74, 6) is -1.30. The number of amides is 1. The SMILES string of the molecule is O=C(NCc1ccc(F)cc1)c1nnc(/C(Cl)=C/c2ccc(O)c([N+](=O)[O-])c2)s1. The maximum Gasteiger partial charge on any atom is 0.311 e. The highest BCUT2D eigenvalue weighted by molar-refractivity contribution is 7.15. The zero-order valence-electron chi connectivity index (χ0n) is 14.5. The van der Waals surface area contributed by atoms with Gasteiger partial charge in [0.25, 0.3) is 5.91 Å². The van der Waals surface area contributed by atoms with E-state index in [1.165, 1.54) is 30.3 Å². The van der Waals surface area contributed by atoms with Crippen LogP contribution in [0.25, 0.3) is 11.1 Å². The van der Waals surface area contributed by atoms with Crippen LogP contribution < -0.4 is 5.32 Å². The van der Waals surface area contributed by atoms with Crippen molar-refractivity contribution in [1.29, 1.82) is 0 Å². The minimum Gasteiger partial charge on any atom is -0.502 e. The molecule has 0 saturated carbocycles. The highest BCUT2D eigenvalue weighted by Crippen LogP contribution is 2.30. The van der Waals surface area contributed by atoms with Gasteiger partial charge in [-0.1, -0.05) is 41.1 Å². The molecule has 11 heteroatoms. The number of nitro benzene ring substituents is 1. The molecule has 0 bridgehead atoms. The third kappa shape index (κ3) is 5.12. The lowest BCUT2D eigenvalue weighted by molar-refractivity contribution is -0.385. The first kappa shape index (κ1) is 20.4. The maximum atomic E-state index is 12.9. The zero-order valence-corrected chi connectivity index (χ0v) is 16.1. The van der Waals surface area contributed by atoms with Crippen LogP contribution in [0, 0.1) is 15.9 Å². The largest absolute Gasteiger partial charge is 0.502 e. The Labute approximate surface area is 172 Å². The van der Waals surface area contributed by atoms with Gasteiger partial charge in [-0.15, -0.1) is 10.2 Å². The number of hydrogen-bond acceptors (Lipinski definition) is 7. The smallest absolute Gasteiger partial charge is 0.311 e. The predicted octanol–water partition coefficient (Wildman–Crippen LogP) is 3.96.